The molecule has 3 aromatic rings. The molecule has 2 aromatic carbocycles. The molecule has 0 unspecified atom stereocenters. The van der Waals surface area contributed by atoms with E-state index in [1.165, 1.54) is 0 Å². The van der Waals surface area contributed by atoms with Crippen LogP contribution in [0, 0.1) is 18.3 Å². The van der Waals surface area contributed by atoms with Gasteiger partial charge in [0.1, 0.15) is 6.07 Å². The van der Waals surface area contributed by atoms with E-state index in [0.29, 0.717) is 5.56 Å². The van der Waals surface area contributed by atoms with E-state index in [2.05, 4.69) is 32.3 Å². The van der Waals surface area contributed by atoms with Gasteiger partial charge in [0.05, 0.1) is 16.8 Å². The van der Waals surface area contributed by atoms with Crippen LogP contribution in [0.25, 0.3) is 10.9 Å². The van der Waals surface area contributed by atoms with Gasteiger partial charge in [0, 0.05) is 21.7 Å². The lowest BCUT2D eigenvalue weighted by molar-refractivity contribution is 1.36. The molecule has 21 heavy (non-hydrogen) atoms. The molecule has 3 nitrogen and oxygen atoms in total. The van der Waals surface area contributed by atoms with Gasteiger partial charge in [-0.15, -0.1) is 0 Å². The molecule has 4 heteroatoms. The van der Waals surface area contributed by atoms with Crippen molar-refractivity contribution >= 4 is 38.2 Å². The smallest absolute Gasteiger partial charge is 0.103 e. The predicted octanol–water partition coefficient (Wildman–Crippen LogP) is 4.92. The van der Waals surface area contributed by atoms with Gasteiger partial charge < -0.3 is 5.32 Å². The second kappa shape index (κ2) is 5.55. The number of nitrogens with one attached hydrogen (secondary N) is 1. The van der Waals surface area contributed by atoms with Crippen LogP contribution in [0.15, 0.2) is 53.1 Å². The first-order chi connectivity index (χ1) is 10.2. The van der Waals surface area contributed by atoms with Crippen LogP contribution in [0.1, 0.15) is 11.1 Å². The topological polar surface area (TPSA) is 48.7 Å². The van der Waals surface area contributed by atoms with Crippen LogP contribution in [-0.4, -0.2) is 4.98 Å². The number of rotatable bonds is 2. The van der Waals surface area contributed by atoms with Crippen molar-refractivity contribution in [3.8, 4) is 6.07 Å². The number of nitrogens with zero attached hydrogens (tertiary/aromatic N) is 2. The fourth-order valence-corrected chi connectivity index (χ4v) is 2.92. The molecule has 0 aliphatic rings. The Balaban J connectivity index is 2.17. The number of fused-ring (bicyclic) bond motifs is 1. The highest BCUT2D eigenvalue weighted by atomic mass is 79.9. The Hall–Kier alpha value is -2.38. The average Bonchev–Trinajstić information content (AvgIpc) is 2.46. The maximum Gasteiger partial charge on any atom is 0.103 e. The molecule has 0 amide bonds. The number of aromatic nitrogens is 1. The largest absolute Gasteiger partial charge is 0.354 e. The second-order valence-corrected chi connectivity index (χ2v) is 5.73. The summed E-state index contributed by atoms with van der Waals surface area (Å²) in [5.41, 5.74) is 4.27. The molecule has 0 spiro atoms. The number of hydrogen-bond donors (Lipinski definition) is 1. The Kier molecular flexibility index (Phi) is 3.59. The molecule has 0 aliphatic carbocycles. The molecule has 1 heterocycles. The number of benzene rings is 2. The first-order valence-electron chi connectivity index (χ1n) is 6.49. The van der Waals surface area contributed by atoms with Crippen LogP contribution >= 0.6 is 15.9 Å². The predicted molar refractivity (Wildman–Crippen MR) is 88.6 cm³/mol. The number of pyridine rings is 1. The van der Waals surface area contributed by atoms with Gasteiger partial charge in [-0.3, -0.25) is 4.98 Å². The van der Waals surface area contributed by atoms with Gasteiger partial charge in [0.25, 0.3) is 0 Å². The summed E-state index contributed by atoms with van der Waals surface area (Å²) in [6.07, 6.45) is 1.61. The van der Waals surface area contributed by atoms with Gasteiger partial charge in [-0.1, -0.05) is 34.1 Å². The van der Waals surface area contributed by atoms with E-state index in [-0.39, 0.29) is 0 Å². The van der Waals surface area contributed by atoms with Crippen LogP contribution in [0.2, 0.25) is 0 Å². The highest BCUT2D eigenvalue weighted by Crippen LogP contribution is 2.30. The summed E-state index contributed by atoms with van der Waals surface area (Å²) >= 11 is 3.49. The number of halogens is 1. The summed E-state index contributed by atoms with van der Waals surface area (Å²) in [6, 6.07) is 16.1. The fraction of sp³-hybridized carbons (Fsp3) is 0.0588. The Bertz CT molecular complexity index is 845. The zero-order valence-corrected chi connectivity index (χ0v) is 13.0. The van der Waals surface area contributed by atoms with E-state index in [4.69, 9.17) is 0 Å². The lowest BCUT2D eigenvalue weighted by atomic mass is 10.1. The van der Waals surface area contributed by atoms with Crippen molar-refractivity contribution in [2.75, 3.05) is 5.32 Å². The monoisotopic (exact) mass is 337 g/mol. The van der Waals surface area contributed by atoms with E-state index in [9.17, 15) is 5.26 Å². The highest BCUT2D eigenvalue weighted by molar-refractivity contribution is 9.10. The molecule has 102 valence electrons. The van der Waals surface area contributed by atoms with E-state index in [1.54, 1.807) is 6.20 Å². The lowest BCUT2D eigenvalue weighted by Gasteiger charge is -2.12. The molecule has 0 aliphatic heterocycles. The molecular formula is C17H12BrN3. The van der Waals surface area contributed by atoms with Crippen LogP contribution in [0.4, 0.5) is 11.4 Å². The van der Waals surface area contributed by atoms with Crippen molar-refractivity contribution in [3.63, 3.8) is 0 Å². The first-order valence-corrected chi connectivity index (χ1v) is 7.29. The molecule has 1 N–H and O–H groups in total. The third-order valence-electron chi connectivity index (χ3n) is 3.21. The van der Waals surface area contributed by atoms with Gasteiger partial charge in [0.15, 0.2) is 0 Å². The summed E-state index contributed by atoms with van der Waals surface area (Å²) < 4.78 is 1.00. The zero-order chi connectivity index (χ0) is 14.8. The molecule has 0 saturated carbocycles. The van der Waals surface area contributed by atoms with E-state index >= 15 is 0 Å². The van der Waals surface area contributed by atoms with Crippen molar-refractivity contribution in [2.45, 2.75) is 6.92 Å². The molecule has 3 rings (SSSR count). The number of anilines is 2. The van der Waals surface area contributed by atoms with E-state index in [0.717, 1.165) is 32.3 Å². The molecule has 0 saturated heterocycles. The molecule has 1 aromatic heterocycles. The van der Waals surface area contributed by atoms with Crippen LogP contribution in [0.3, 0.4) is 0 Å². The molecular weight excluding hydrogens is 326 g/mol. The minimum Gasteiger partial charge on any atom is -0.354 e. The standard InChI is InChI=1S/C17H12BrN3/c1-11-6-13(18)8-14(7-11)21-17-12(9-19)10-20-16-5-3-2-4-15(16)17/h2-8,10H,1H3,(H,20,21). The van der Waals surface area contributed by atoms with Gasteiger partial charge >= 0.3 is 0 Å². The van der Waals surface area contributed by atoms with Gasteiger partial charge in [-0.25, -0.2) is 0 Å². The third kappa shape index (κ3) is 2.74. The van der Waals surface area contributed by atoms with Crippen molar-refractivity contribution in [1.29, 1.82) is 5.26 Å². The number of para-hydroxylation sites is 1. The molecule has 0 bridgehead atoms. The Morgan fingerprint density at radius 2 is 2.00 bits per heavy atom. The van der Waals surface area contributed by atoms with Gasteiger partial charge in [-0.2, -0.15) is 5.26 Å². The normalized spacial score (nSPS) is 10.3. The molecule has 0 radical (unpaired) electrons. The second-order valence-electron chi connectivity index (χ2n) is 4.82. The summed E-state index contributed by atoms with van der Waals surface area (Å²) in [5.74, 6) is 0. The maximum absolute atomic E-state index is 9.33. The van der Waals surface area contributed by atoms with Crippen molar-refractivity contribution in [3.05, 3.63) is 64.3 Å². The lowest BCUT2D eigenvalue weighted by Crippen LogP contribution is -1.97. The van der Waals surface area contributed by atoms with E-state index in [1.807, 2.05) is 49.4 Å². The first kappa shape index (κ1) is 13.6. The summed E-state index contributed by atoms with van der Waals surface area (Å²) in [7, 11) is 0. The van der Waals surface area contributed by atoms with Crippen molar-refractivity contribution < 1.29 is 0 Å². The molecule has 0 atom stereocenters. The van der Waals surface area contributed by atoms with E-state index < -0.39 is 0 Å². The van der Waals surface area contributed by atoms with Crippen molar-refractivity contribution in [2.24, 2.45) is 0 Å². The van der Waals surface area contributed by atoms with Crippen molar-refractivity contribution in [1.82, 2.24) is 4.98 Å². The summed E-state index contributed by atoms with van der Waals surface area (Å²) in [4.78, 5) is 4.32. The SMILES string of the molecule is Cc1cc(Br)cc(Nc2c(C#N)cnc3ccccc23)c1. The average molecular weight is 338 g/mol. The minimum absolute atomic E-state index is 0.534. The van der Waals surface area contributed by atoms with Crippen LogP contribution < -0.4 is 5.32 Å². The van der Waals surface area contributed by atoms with Crippen LogP contribution in [-0.2, 0) is 0 Å². The van der Waals surface area contributed by atoms with Gasteiger partial charge in [0.2, 0.25) is 0 Å². The maximum atomic E-state index is 9.33. The number of hydrogen-bond acceptors (Lipinski definition) is 3. The number of nitriles is 1. The highest BCUT2D eigenvalue weighted by Gasteiger charge is 2.09. The van der Waals surface area contributed by atoms with Gasteiger partial charge in [-0.05, 0) is 36.8 Å². The summed E-state index contributed by atoms with van der Waals surface area (Å²) in [6.45, 7) is 2.03. The number of aryl methyl sites for hydroxylation is 1. The zero-order valence-electron chi connectivity index (χ0n) is 11.4. The Morgan fingerprint density at radius 3 is 2.76 bits per heavy atom. The fourth-order valence-electron chi connectivity index (χ4n) is 2.31. The van der Waals surface area contributed by atoms with Crippen LogP contribution in [0.5, 0.6) is 0 Å². The Labute approximate surface area is 131 Å². The summed E-state index contributed by atoms with van der Waals surface area (Å²) in [5, 5.41) is 13.6. The Morgan fingerprint density at radius 1 is 1.19 bits per heavy atom. The minimum atomic E-state index is 0.534. The third-order valence-corrected chi connectivity index (χ3v) is 3.67. The molecule has 0 fully saturated rings. The quantitative estimate of drug-likeness (QED) is 0.721.